The van der Waals surface area contributed by atoms with Crippen LogP contribution in [0.2, 0.25) is 5.02 Å². The number of rotatable bonds is 3. The monoisotopic (exact) mass is 294 g/mol. The van der Waals surface area contributed by atoms with E-state index in [9.17, 15) is 9.59 Å². The van der Waals surface area contributed by atoms with Crippen LogP contribution in [-0.2, 0) is 9.59 Å². The maximum atomic E-state index is 12.5. The Balaban J connectivity index is 2.23. The summed E-state index contributed by atoms with van der Waals surface area (Å²) >= 11 is 5.87. The molecule has 1 heterocycles. The average Bonchev–Trinajstić information content (AvgIpc) is 2.41. The number of benzene rings is 1. The van der Waals surface area contributed by atoms with Crippen LogP contribution in [0.15, 0.2) is 24.3 Å². The minimum Gasteiger partial charge on any atom is -0.343 e. The summed E-state index contributed by atoms with van der Waals surface area (Å²) in [6, 6.07) is 6.77. The van der Waals surface area contributed by atoms with Crippen molar-refractivity contribution in [2.75, 3.05) is 6.54 Å². The molecular formula is C15H19ClN2O2. The lowest BCUT2D eigenvalue weighted by molar-refractivity contribution is -0.147. The Morgan fingerprint density at radius 3 is 2.35 bits per heavy atom. The van der Waals surface area contributed by atoms with Gasteiger partial charge in [0, 0.05) is 5.02 Å². The van der Waals surface area contributed by atoms with Crippen molar-refractivity contribution in [1.29, 1.82) is 0 Å². The third-order valence-corrected chi connectivity index (χ3v) is 3.92. The number of carbonyl (C=O) groups excluding carboxylic acids is 2. The lowest BCUT2D eigenvalue weighted by Crippen LogP contribution is -2.60. The Kier molecular flexibility index (Phi) is 4.33. The molecule has 0 radical (unpaired) electrons. The smallest absolute Gasteiger partial charge is 0.246 e. The summed E-state index contributed by atoms with van der Waals surface area (Å²) < 4.78 is 0. The van der Waals surface area contributed by atoms with Crippen LogP contribution >= 0.6 is 11.6 Å². The predicted molar refractivity (Wildman–Crippen MR) is 78.3 cm³/mol. The van der Waals surface area contributed by atoms with Gasteiger partial charge in [-0.3, -0.25) is 9.59 Å². The van der Waals surface area contributed by atoms with Crippen molar-refractivity contribution < 1.29 is 9.59 Å². The molecule has 2 atom stereocenters. The fraction of sp³-hybridized carbons (Fsp3) is 0.467. The van der Waals surface area contributed by atoms with Crippen LogP contribution in [0.25, 0.3) is 0 Å². The molecule has 1 fully saturated rings. The zero-order valence-corrected chi connectivity index (χ0v) is 12.6. The van der Waals surface area contributed by atoms with Crippen molar-refractivity contribution >= 4 is 23.4 Å². The standard InChI is InChI=1S/C15H19ClN2O2/c1-9(2)14-15(20)18(8-13(19)17-14)10(3)11-4-6-12(16)7-5-11/h4-7,9-10,14H,8H2,1-3H3,(H,17,19). The Hall–Kier alpha value is -1.55. The van der Waals surface area contributed by atoms with E-state index in [1.807, 2.05) is 32.9 Å². The number of hydrogen-bond acceptors (Lipinski definition) is 2. The van der Waals surface area contributed by atoms with Gasteiger partial charge < -0.3 is 10.2 Å². The Morgan fingerprint density at radius 1 is 1.20 bits per heavy atom. The van der Waals surface area contributed by atoms with E-state index in [4.69, 9.17) is 11.6 Å². The lowest BCUT2D eigenvalue weighted by atomic mass is 9.98. The number of carbonyl (C=O) groups is 2. The summed E-state index contributed by atoms with van der Waals surface area (Å²) in [6.07, 6.45) is 0. The first-order valence-corrected chi connectivity index (χ1v) is 7.13. The highest BCUT2D eigenvalue weighted by Gasteiger charge is 2.36. The normalized spacial score (nSPS) is 21.1. The zero-order valence-electron chi connectivity index (χ0n) is 11.9. The number of halogens is 1. The molecule has 1 aromatic carbocycles. The average molecular weight is 295 g/mol. The minimum absolute atomic E-state index is 0.0259. The van der Waals surface area contributed by atoms with Crippen molar-refractivity contribution in [3.8, 4) is 0 Å². The Labute approximate surface area is 124 Å². The van der Waals surface area contributed by atoms with E-state index in [1.54, 1.807) is 17.0 Å². The van der Waals surface area contributed by atoms with Crippen molar-refractivity contribution in [2.45, 2.75) is 32.9 Å². The van der Waals surface area contributed by atoms with Gasteiger partial charge in [-0.15, -0.1) is 0 Å². The molecule has 20 heavy (non-hydrogen) atoms. The molecule has 0 spiro atoms. The highest BCUT2D eigenvalue weighted by molar-refractivity contribution is 6.30. The minimum atomic E-state index is -0.439. The molecule has 0 aromatic heterocycles. The van der Waals surface area contributed by atoms with E-state index >= 15 is 0 Å². The molecule has 2 unspecified atom stereocenters. The van der Waals surface area contributed by atoms with Crippen molar-refractivity contribution in [3.05, 3.63) is 34.9 Å². The zero-order chi connectivity index (χ0) is 14.9. The van der Waals surface area contributed by atoms with E-state index in [-0.39, 0.29) is 30.3 Å². The molecule has 0 saturated carbocycles. The van der Waals surface area contributed by atoms with Gasteiger partial charge in [0.05, 0.1) is 6.04 Å². The summed E-state index contributed by atoms with van der Waals surface area (Å²) in [7, 11) is 0. The van der Waals surface area contributed by atoms with E-state index in [0.717, 1.165) is 5.56 Å². The fourth-order valence-corrected chi connectivity index (χ4v) is 2.52. The van der Waals surface area contributed by atoms with Crippen LogP contribution in [0, 0.1) is 5.92 Å². The van der Waals surface area contributed by atoms with Crippen LogP contribution in [0.5, 0.6) is 0 Å². The quantitative estimate of drug-likeness (QED) is 0.930. The summed E-state index contributed by atoms with van der Waals surface area (Å²) in [5.74, 6) is -0.0576. The predicted octanol–water partition coefficient (Wildman–Crippen LogP) is 2.38. The maximum absolute atomic E-state index is 12.5. The largest absolute Gasteiger partial charge is 0.343 e. The summed E-state index contributed by atoms with van der Waals surface area (Å²) in [5.41, 5.74) is 0.972. The number of nitrogens with one attached hydrogen (secondary N) is 1. The highest BCUT2D eigenvalue weighted by atomic mass is 35.5. The topological polar surface area (TPSA) is 49.4 Å². The number of hydrogen-bond donors (Lipinski definition) is 1. The third kappa shape index (κ3) is 2.96. The van der Waals surface area contributed by atoms with Gasteiger partial charge >= 0.3 is 0 Å². The van der Waals surface area contributed by atoms with Crippen LogP contribution in [0.1, 0.15) is 32.4 Å². The van der Waals surface area contributed by atoms with Gasteiger partial charge in [0.25, 0.3) is 0 Å². The number of amides is 2. The second kappa shape index (κ2) is 5.83. The van der Waals surface area contributed by atoms with Crippen molar-refractivity contribution in [1.82, 2.24) is 10.2 Å². The molecule has 1 N–H and O–H groups in total. The molecule has 108 valence electrons. The van der Waals surface area contributed by atoms with Crippen LogP contribution in [0.3, 0.4) is 0 Å². The van der Waals surface area contributed by atoms with Gasteiger partial charge in [-0.1, -0.05) is 37.6 Å². The number of nitrogens with zero attached hydrogens (tertiary/aromatic N) is 1. The van der Waals surface area contributed by atoms with E-state index in [2.05, 4.69) is 5.32 Å². The molecule has 5 heteroatoms. The van der Waals surface area contributed by atoms with Crippen LogP contribution in [-0.4, -0.2) is 29.3 Å². The van der Waals surface area contributed by atoms with Gasteiger partial charge in [0.15, 0.2) is 0 Å². The van der Waals surface area contributed by atoms with Crippen LogP contribution < -0.4 is 5.32 Å². The maximum Gasteiger partial charge on any atom is 0.246 e. The summed E-state index contributed by atoms with van der Waals surface area (Å²) in [5, 5.41) is 3.42. The Bertz CT molecular complexity index is 513. The molecule has 2 rings (SSSR count). The SMILES string of the molecule is CC(C)C1NC(=O)CN(C(C)c2ccc(Cl)cc2)C1=O. The van der Waals surface area contributed by atoms with Gasteiger partial charge in [-0.25, -0.2) is 0 Å². The molecule has 0 bridgehead atoms. The molecule has 4 nitrogen and oxygen atoms in total. The molecule has 1 aliphatic rings. The third-order valence-electron chi connectivity index (χ3n) is 3.67. The molecule has 2 amide bonds. The van der Waals surface area contributed by atoms with Crippen molar-refractivity contribution in [2.24, 2.45) is 5.92 Å². The molecule has 1 saturated heterocycles. The van der Waals surface area contributed by atoms with Gasteiger partial charge in [0.1, 0.15) is 12.6 Å². The van der Waals surface area contributed by atoms with Crippen molar-refractivity contribution in [3.63, 3.8) is 0 Å². The molecule has 0 aliphatic carbocycles. The first-order chi connectivity index (χ1) is 9.40. The lowest BCUT2D eigenvalue weighted by Gasteiger charge is -2.38. The summed E-state index contributed by atoms with van der Waals surface area (Å²) in [4.78, 5) is 25.9. The van der Waals surface area contributed by atoms with E-state index in [1.165, 1.54) is 0 Å². The second-order valence-corrected chi connectivity index (χ2v) is 5.92. The molecular weight excluding hydrogens is 276 g/mol. The first kappa shape index (κ1) is 14.9. The molecule has 1 aliphatic heterocycles. The first-order valence-electron chi connectivity index (χ1n) is 6.75. The van der Waals surface area contributed by atoms with Gasteiger partial charge in [-0.2, -0.15) is 0 Å². The van der Waals surface area contributed by atoms with E-state index in [0.29, 0.717) is 5.02 Å². The molecule has 1 aromatic rings. The van der Waals surface area contributed by atoms with Gasteiger partial charge in [-0.05, 0) is 30.5 Å². The highest BCUT2D eigenvalue weighted by Crippen LogP contribution is 2.25. The summed E-state index contributed by atoms with van der Waals surface area (Å²) in [6.45, 7) is 5.89. The second-order valence-electron chi connectivity index (χ2n) is 5.48. The number of piperazine rings is 1. The van der Waals surface area contributed by atoms with E-state index < -0.39 is 6.04 Å². The Morgan fingerprint density at radius 2 is 1.80 bits per heavy atom. The van der Waals surface area contributed by atoms with Crippen LogP contribution in [0.4, 0.5) is 0 Å². The fourth-order valence-electron chi connectivity index (χ4n) is 2.39. The van der Waals surface area contributed by atoms with Gasteiger partial charge in [0.2, 0.25) is 11.8 Å².